The van der Waals surface area contributed by atoms with Gasteiger partial charge in [0.2, 0.25) is 0 Å². The maximum Gasteiger partial charge on any atom is 0.335 e. The molecule has 0 aromatic heterocycles. The Hall–Kier alpha value is -1.51. The number of aliphatic hydroxyl groups excluding tert-OH is 3. The first kappa shape index (κ1) is 16.4. The molecule has 0 amide bonds. The molecule has 23 heavy (non-hydrogen) atoms. The van der Waals surface area contributed by atoms with E-state index in [4.69, 9.17) is 14.6 Å². The van der Waals surface area contributed by atoms with Crippen molar-refractivity contribution in [2.75, 3.05) is 6.61 Å². The van der Waals surface area contributed by atoms with Crippen LogP contribution < -0.4 is 0 Å². The first-order valence-corrected chi connectivity index (χ1v) is 7.62. The largest absolute Gasteiger partial charge is 0.478 e. The number of aromatic carboxylic acids is 1. The quantitative estimate of drug-likeness (QED) is 0.603. The third-order valence-corrected chi connectivity index (χ3v) is 4.42. The van der Waals surface area contributed by atoms with Gasteiger partial charge in [-0.05, 0) is 42.5 Å². The van der Waals surface area contributed by atoms with Crippen molar-refractivity contribution in [1.82, 2.24) is 0 Å². The summed E-state index contributed by atoms with van der Waals surface area (Å²) in [5.41, 5.74) is 2.27. The second-order valence-corrected chi connectivity index (χ2v) is 6.04. The van der Waals surface area contributed by atoms with Crippen molar-refractivity contribution >= 4 is 5.97 Å². The summed E-state index contributed by atoms with van der Waals surface area (Å²) in [6.45, 7) is -0.0891. The van der Waals surface area contributed by atoms with Gasteiger partial charge < -0.3 is 29.9 Å². The van der Waals surface area contributed by atoms with Gasteiger partial charge >= 0.3 is 5.97 Å². The summed E-state index contributed by atoms with van der Waals surface area (Å²) in [5.74, 6) is -0.947. The molecular formula is C16H20O7. The van der Waals surface area contributed by atoms with Crippen molar-refractivity contribution in [2.24, 2.45) is 0 Å². The Kier molecular flexibility index (Phi) is 4.65. The lowest BCUT2D eigenvalue weighted by Gasteiger charge is -2.37. The van der Waals surface area contributed by atoms with Gasteiger partial charge in [0.15, 0.2) is 6.29 Å². The van der Waals surface area contributed by atoms with Gasteiger partial charge in [0.25, 0.3) is 0 Å². The number of carboxylic acids is 1. The van der Waals surface area contributed by atoms with Gasteiger partial charge in [0.05, 0.1) is 18.3 Å². The van der Waals surface area contributed by atoms with Gasteiger partial charge in [-0.15, -0.1) is 0 Å². The van der Waals surface area contributed by atoms with Crippen molar-refractivity contribution in [2.45, 2.75) is 50.0 Å². The molecule has 7 heteroatoms. The molecule has 0 bridgehead atoms. The van der Waals surface area contributed by atoms with Crippen LogP contribution in [0.4, 0.5) is 0 Å². The van der Waals surface area contributed by atoms with Crippen LogP contribution in [0.5, 0.6) is 0 Å². The molecular weight excluding hydrogens is 304 g/mol. The molecule has 1 aliphatic carbocycles. The number of rotatable bonds is 3. The van der Waals surface area contributed by atoms with Crippen LogP contribution in [0.1, 0.15) is 27.9 Å². The van der Waals surface area contributed by atoms with Crippen LogP contribution in [0.25, 0.3) is 0 Å². The Balaban J connectivity index is 1.65. The number of carbonyl (C=O) groups is 1. The fourth-order valence-electron chi connectivity index (χ4n) is 3.06. The first-order valence-electron chi connectivity index (χ1n) is 7.62. The second kappa shape index (κ2) is 6.54. The number of hydrogen-bond donors (Lipinski definition) is 4. The van der Waals surface area contributed by atoms with Crippen molar-refractivity contribution in [3.63, 3.8) is 0 Å². The van der Waals surface area contributed by atoms with Gasteiger partial charge in [-0.2, -0.15) is 0 Å². The standard InChI is InChI=1S/C16H20O7/c17-12-7-22-16(14(19)13(12)18)23-11-4-3-8-5-10(15(20)21)2-1-9(8)6-11/h1-2,5,11-14,16-19H,3-4,6-7H2,(H,20,21). The van der Waals surface area contributed by atoms with Crippen LogP contribution in [-0.4, -0.2) is 63.7 Å². The highest BCUT2D eigenvalue weighted by Gasteiger charge is 2.39. The Morgan fingerprint density at radius 2 is 1.96 bits per heavy atom. The molecule has 0 saturated carbocycles. The number of carboxylic acid groups (broad SMARTS) is 1. The van der Waals surface area contributed by atoms with Gasteiger partial charge in [-0.3, -0.25) is 0 Å². The van der Waals surface area contributed by atoms with Crippen LogP contribution in [-0.2, 0) is 22.3 Å². The maximum absolute atomic E-state index is 11.0. The van der Waals surface area contributed by atoms with Crippen molar-refractivity contribution < 1.29 is 34.7 Å². The minimum absolute atomic E-state index is 0.0891. The van der Waals surface area contributed by atoms with Crippen molar-refractivity contribution in [1.29, 1.82) is 0 Å². The molecule has 4 N–H and O–H groups in total. The third kappa shape index (κ3) is 3.39. The lowest BCUT2D eigenvalue weighted by Crippen LogP contribution is -2.54. The lowest BCUT2D eigenvalue weighted by atomic mass is 9.88. The molecule has 1 heterocycles. The molecule has 0 radical (unpaired) electrons. The van der Waals surface area contributed by atoms with Crippen LogP contribution in [0.2, 0.25) is 0 Å². The number of hydrogen-bond acceptors (Lipinski definition) is 6. The molecule has 5 unspecified atom stereocenters. The normalized spacial score (nSPS) is 34.0. The minimum atomic E-state index is -1.30. The van der Waals surface area contributed by atoms with Crippen molar-refractivity contribution in [3.8, 4) is 0 Å². The van der Waals surface area contributed by atoms with Crippen LogP contribution in [0.3, 0.4) is 0 Å². The van der Waals surface area contributed by atoms with E-state index in [1.807, 2.05) is 0 Å². The summed E-state index contributed by atoms with van der Waals surface area (Å²) < 4.78 is 11.0. The van der Waals surface area contributed by atoms with Gasteiger partial charge in [-0.25, -0.2) is 4.79 Å². The van der Waals surface area contributed by atoms with E-state index in [-0.39, 0.29) is 18.3 Å². The van der Waals surface area contributed by atoms with Crippen LogP contribution in [0.15, 0.2) is 18.2 Å². The monoisotopic (exact) mass is 324 g/mol. The van der Waals surface area contributed by atoms with Gasteiger partial charge in [0.1, 0.15) is 18.3 Å². The number of benzene rings is 1. The Bertz CT molecular complexity index is 588. The topological polar surface area (TPSA) is 116 Å². The predicted octanol–water partition coefficient (Wildman–Crippen LogP) is -0.302. The third-order valence-electron chi connectivity index (χ3n) is 4.42. The van der Waals surface area contributed by atoms with E-state index in [2.05, 4.69) is 0 Å². The molecule has 1 aromatic rings. The SMILES string of the molecule is O=C(O)c1ccc2c(c1)CCC(OC1OCC(O)C(O)C1O)C2. The van der Waals surface area contributed by atoms with E-state index in [1.165, 1.54) is 0 Å². The lowest BCUT2D eigenvalue weighted by molar-refractivity contribution is -0.283. The predicted molar refractivity (Wildman–Crippen MR) is 78.1 cm³/mol. The molecule has 1 fully saturated rings. The fourth-order valence-corrected chi connectivity index (χ4v) is 3.06. The molecule has 0 spiro atoms. The average Bonchev–Trinajstić information content (AvgIpc) is 2.55. The molecule has 3 rings (SSSR count). The summed E-state index contributed by atoms with van der Waals surface area (Å²) in [6, 6.07) is 5.03. The zero-order valence-electron chi connectivity index (χ0n) is 12.5. The second-order valence-electron chi connectivity index (χ2n) is 6.04. The van der Waals surface area contributed by atoms with E-state index in [0.29, 0.717) is 19.3 Å². The summed E-state index contributed by atoms with van der Waals surface area (Å²) in [6.07, 6.45) is -2.95. The molecule has 1 aromatic carbocycles. The van der Waals surface area contributed by atoms with E-state index < -0.39 is 30.6 Å². The van der Waals surface area contributed by atoms with Gasteiger partial charge in [-0.1, -0.05) is 6.07 Å². The minimum Gasteiger partial charge on any atom is -0.478 e. The zero-order valence-corrected chi connectivity index (χ0v) is 12.5. The molecule has 1 saturated heterocycles. The van der Waals surface area contributed by atoms with Crippen LogP contribution in [0, 0.1) is 0 Å². The van der Waals surface area contributed by atoms with E-state index in [1.54, 1.807) is 18.2 Å². The molecule has 2 aliphatic rings. The first-order chi connectivity index (χ1) is 11.0. The van der Waals surface area contributed by atoms with Gasteiger partial charge in [0, 0.05) is 0 Å². The van der Waals surface area contributed by atoms with E-state index >= 15 is 0 Å². The maximum atomic E-state index is 11.0. The fraction of sp³-hybridized carbons (Fsp3) is 0.562. The Morgan fingerprint density at radius 3 is 2.70 bits per heavy atom. The number of ether oxygens (including phenoxy) is 2. The highest BCUT2D eigenvalue weighted by molar-refractivity contribution is 5.87. The summed E-state index contributed by atoms with van der Waals surface area (Å²) >= 11 is 0. The Labute approximate surface area is 133 Å². The summed E-state index contributed by atoms with van der Waals surface area (Å²) in [4.78, 5) is 11.0. The Morgan fingerprint density at radius 1 is 1.17 bits per heavy atom. The van der Waals surface area contributed by atoms with E-state index in [9.17, 15) is 20.1 Å². The zero-order chi connectivity index (χ0) is 16.6. The molecule has 5 atom stereocenters. The van der Waals surface area contributed by atoms with E-state index in [0.717, 1.165) is 11.1 Å². The van der Waals surface area contributed by atoms with Crippen LogP contribution >= 0.6 is 0 Å². The highest BCUT2D eigenvalue weighted by atomic mass is 16.7. The summed E-state index contributed by atoms with van der Waals surface area (Å²) in [5, 5.41) is 38.0. The smallest absolute Gasteiger partial charge is 0.335 e. The molecule has 126 valence electrons. The highest BCUT2D eigenvalue weighted by Crippen LogP contribution is 2.27. The number of aryl methyl sites for hydroxylation is 1. The molecule has 1 aliphatic heterocycles. The molecule has 7 nitrogen and oxygen atoms in total. The summed E-state index contributed by atoms with van der Waals surface area (Å²) in [7, 11) is 0. The van der Waals surface area contributed by atoms with Crippen molar-refractivity contribution in [3.05, 3.63) is 34.9 Å². The number of aliphatic hydroxyl groups is 3. The average molecular weight is 324 g/mol. The number of fused-ring (bicyclic) bond motifs is 1.